The second kappa shape index (κ2) is 9.22. The van der Waals surface area contributed by atoms with Crippen LogP contribution in [0.2, 0.25) is 5.02 Å². The molecule has 7 nitrogen and oxygen atoms in total. The summed E-state index contributed by atoms with van der Waals surface area (Å²) >= 11 is 6.28. The molecule has 30 heavy (non-hydrogen) atoms. The quantitative estimate of drug-likeness (QED) is 0.670. The summed E-state index contributed by atoms with van der Waals surface area (Å²) in [6, 6.07) is 1.41. The van der Waals surface area contributed by atoms with E-state index < -0.39 is 11.7 Å². The van der Waals surface area contributed by atoms with Crippen molar-refractivity contribution in [1.29, 1.82) is 0 Å². The molecule has 11 heteroatoms. The highest BCUT2D eigenvalue weighted by Crippen LogP contribution is 2.34. The largest absolute Gasteiger partial charge is 0.476 e. The van der Waals surface area contributed by atoms with Crippen LogP contribution in [-0.4, -0.2) is 46.0 Å². The zero-order valence-corrected chi connectivity index (χ0v) is 17.2. The van der Waals surface area contributed by atoms with Gasteiger partial charge < -0.3 is 14.8 Å². The summed E-state index contributed by atoms with van der Waals surface area (Å²) in [6.45, 7) is 4.14. The molecule has 2 heterocycles. The van der Waals surface area contributed by atoms with Crippen LogP contribution in [-0.2, 0) is 15.7 Å². The van der Waals surface area contributed by atoms with Crippen molar-refractivity contribution in [1.82, 2.24) is 20.1 Å². The summed E-state index contributed by atoms with van der Waals surface area (Å²) in [5.74, 6) is 0.304. The van der Waals surface area contributed by atoms with Crippen molar-refractivity contribution in [3.05, 3.63) is 35.2 Å². The molecule has 1 N–H and O–H groups in total. The second-order valence-corrected chi connectivity index (χ2v) is 7.70. The van der Waals surface area contributed by atoms with E-state index in [1.54, 1.807) is 0 Å². The van der Waals surface area contributed by atoms with Gasteiger partial charge in [0.1, 0.15) is 5.02 Å². The number of carbonyl (C=O) groups excluding carboxylic acids is 1. The van der Waals surface area contributed by atoms with Crippen molar-refractivity contribution in [2.75, 3.05) is 13.2 Å². The molecule has 1 saturated carbocycles. The van der Waals surface area contributed by atoms with E-state index in [1.807, 2.05) is 6.92 Å². The van der Waals surface area contributed by atoms with Gasteiger partial charge in [0.05, 0.1) is 36.8 Å². The van der Waals surface area contributed by atoms with Gasteiger partial charge in [-0.05, 0) is 31.7 Å². The lowest BCUT2D eigenvalue weighted by molar-refractivity contribution is -0.137. The van der Waals surface area contributed by atoms with Gasteiger partial charge in [0, 0.05) is 25.4 Å². The van der Waals surface area contributed by atoms with Crippen molar-refractivity contribution < 1.29 is 27.4 Å². The first kappa shape index (κ1) is 22.4. The molecule has 1 aliphatic rings. The van der Waals surface area contributed by atoms with E-state index >= 15 is 0 Å². The van der Waals surface area contributed by atoms with Crippen LogP contribution in [0, 0.1) is 5.92 Å². The number of hydrogen-bond donors (Lipinski definition) is 1. The highest BCUT2D eigenvalue weighted by atomic mass is 35.5. The van der Waals surface area contributed by atoms with Gasteiger partial charge >= 0.3 is 6.18 Å². The molecule has 0 spiro atoms. The molecule has 1 aliphatic carbocycles. The minimum atomic E-state index is -4.49. The molecule has 1 fully saturated rings. The number of halogens is 4. The maximum atomic E-state index is 12.8. The second-order valence-electron chi connectivity index (χ2n) is 7.33. The number of nitrogens with zero attached hydrogens (tertiary/aromatic N) is 3. The van der Waals surface area contributed by atoms with Crippen LogP contribution in [0.1, 0.15) is 32.3 Å². The third-order valence-electron chi connectivity index (χ3n) is 4.67. The average molecular weight is 447 g/mol. The minimum absolute atomic E-state index is 0.0521. The number of alkyl halides is 3. The summed E-state index contributed by atoms with van der Waals surface area (Å²) < 4.78 is 50.8. The van der Waals surface area contributed by atoms with Crippen LogP contribution in [0.25, 0.3) is 5.69 Å². The summed E-state index contributed by atoms with van der Waals surface area (Å²) in [5, 5.41) is 6.57. The minimum Gasteiger partial charge on any atom is -0.476 e. The average Bonchev–Trinajstić information content (AvgIpc) is 3.10. The summed E-state index contributed by atoms with van der Waals surface area (Å²) in [5.41, 5.74) is -0.620. The van der Waals surface area contributed by atoms with Crippen molar-refractivity contribution in [2.24, 2.45) is 5.92 Å². The maximum Gasteiger partial charge on any atom is 0.419 e. The molecule has 0 aromatic carbocycles. The number of aromatic nitrogens is 3. The molecule has 0 radical (unpaired) electrons. The fourth-order valence-electron chi connectivity index (χ4n) is 3.11. The van der Waals surface area contributed by atoms with Gasteiger partial charge in [-0.2, -0.15) is 18.3 Å². The van der Waals surface area contributed by atoms with E-state index in [2.05, 4.69) is 15.4 Å². The molecule has 0 saturated heterocycles. The standard InChI is InChI=1S/C19H22ClF3N4O3/c1-11(26-12(2)28)9-29-15-5-13(6-15)10-30-18-17(20)16(3-4-24-18)27-8-14(7-25-27)19(21,22)23/h3-4,7-8,11,13,15H,5-6,9-10H2,1-2H3,(H,26,28)/t11-,13?,15?/m0/s1. The third-order valence-corrected chi connectivity index (χ3v) is 5.03. The molecule has 0 bridgehead atoms. The predicted molar refractivity (Wildman–Crippen MR) is 103 cm³/mol. The van der Waals surface area contributed by atoms with E-state index in [9.17, 15) is 18.0 Å². The highest BCUT2D eigenvalue weighted by molar-refractivity contribution is 6.33. The first-order chi connectivity index (χ1) is 14.1. The number of hydrogen-bond acceptors (Lipinski definition) is 5. The molecule has 0 aliphatic heterocycles. The van der Waals surface area contributed by atoms with Crippen LogP contribution >= 0.6 is 11.6 Å². The maximum absolute atomic E-state index is 12.8. The van der Waals surface area contributed by atoms with Gasteiger partial charge in [-0.3, -0.25) is 4.79 Å². The zero-order valence-electron chi connectivity index (χ0n) is 16.4. The third kappa shape index (κ3) is 5.63. The first-order valence-corrected chi connectivity index (χ1v) is 9.79. The number of ether oxygens (including phenoxy) is 2. The normalized spacial score (nSPS) is 19.8. The fraction of sp³-hybridized carbons (Fsp3) is 0.526. The summed E-state index contributed by atoms with van der Waals surface area (Å²) in [4.78, 5) is 15.1. The van der Waals surface area contributed by atoms with Crippen LogP contribution in [0.5, 0.6) is 5.88 Å². The highest BCUT2D eigenvalue weighted by Gasteiger charge is 2.33. The van der Waals surface area contributed by atoms with Crippen LogP contribution in [0.4, 0.5) is 13.2 Å². The van der Waals surface area contributed by atoms with Gasteiger partial charge in [0.15, 0.2) is 0 Å². The lowest BCUT2D eigenvalue weighted by Gasteiger charge is -2.35. The van der Waals surface area contributed by atoms with Gasteiger partial charge in [0.2, 0.25) is 11.8 Å². The van der Waals surface area contributed by atoms with E-state index in [0.29, 0.717) is 13.2 Å². The Balaban J connectivity index is 1.50. The first-order valence-electron chi connectivity index (χ1n) is 9.41. The Morgan fingerprint density at radius 1 is 1.43 bits per heavy atom. The Morgan fingerprint density at radius 3 is 2.80 bits per heavy atom. The van der Waals surface area contributed by atoms with E-state index in [-0.39, 0.29) is 40.6 Å². The summed E-state index contributed by atoms with van der Waals surface area (Å²) in [6.07, 6.45) is 0.228. The van der Waals surface area contributed by atoms with Crippen molar-refractivity contribution in [2.45, 2.75) is 45.0 Å². The molecule has 1 atom stereocenters. The van der Waals surface area contributed by atoms with E-state index in [1.165, 1.54) is 19.2 Å². The Bertz CT molecular complexity index is 884. The number of pyridine rings is 1. The molecule has 3 rings (SSSR count). The number of nitrogens with one attached hydrogen (secondary N) is 1. The van der Waals surface area contributed by atoms with Crippen LogP contribution in [0.15, 0.2) is 24.7 Å². The fourth-order valence-corrected chi connectivity index (χ4v) is 3.36. The molecule has 2 aromatic heterocycles. The summed E-state index contributed by atoms with van der Waals surface area (Å²) in [7, 11) is 0. The Labute approximate surface area is 176 Å². The van der Waals surface area contributed by atoms with E-state index in [4.69, 9.17) is 21.1 Å². The van der Waals surface area contributed by atoms with Gasteiger partial charge in [-0.15, -0.1) is 0 Å². The Morgan fingerprint density at radius 2 is 2.17 bits per heavy atom. The van der Waals surface area contributed by atoms with E-state index in [0.717, 1.165) is 29.9 Å². The predicted octanol–water partition coefficient (Wildman–Crippen LogP) is 3.64. The van der Waals surface area contributed by atoms with Crippen LogP contribution in [0.3, 0.4) is 0 Å². The van der Waals surface area contributed by atoms with Crippen molar-refractivity contribution in [3.63, 3.8) is 0 Å². The topological polar surface area (TPSA) is 78.3 Å². The Hall–Kier alpha value is -2.33. The van der Waals surface area contributed by atoms with Gasteiger partial charge in [0.25, 0.3) is 0 Å². The zero-order chi connectivity index (χ0) is 21.9. The number of rotatable bonds is 8. The Kier molecular flexibility index (Phi) is 6.87. The van der Waals surface area contributed by atoms with Crippen molar-refractivity contribution >= 4 is 17.5 Å². The lowest BCUT2D eigenvalue weighted by atomic mass is 9.83. The molecule has 1 amide bonds. The smallest absolute Gasteiger partial charge is 0.419 e. The number of carbonyl (C=O) groups is 1. The van der Waals surface area contributed by atoms with Gasteiger partial charge in [-0.1, -0.05) is 11.6 Å². The SMILES string of the molecule is CC(=O)N[C@@H](C)COC1CC(COc2nccc(-n3cc(C(F)(F)F)cn3)c2Cl)C1. The number of amides is 1. The molecular weight excluding hydrogens is 425 g/mol. The molecular formula is C19H22ClF3N4O3. The van der Waals surface area contributed by atoms with Crippen molar-refractivity contribution in [3.8, 4) is 11.6 Å². The lowest BCUT2D eigenvalue weighted by Crippen LogP contribution is -2.40. The van der Waals surface area contributed by atoms with Crippen LogP contribution < -0.4 is 10.1 Å². The van der Waals surface area contributed by atoms with Gasteiger partial charge in [-0.25, -0.2) is 9.67 Å². The monoisotopic (exact) mass is 446 g/mol. The molecule has 0 unspecified atom stereocenters. The molecule has 2 aromatic rings. The molecule has 164 valence electrons.